The van der Waals surface area contributed by atoms with Crippen LogP contribution in [0, 0.1) is 0 Å². The molecule has 2 rings (SSSR count). The molecule has 1 amide bonds. The molecular formula is C9H5Cl2NO2. The lowest BCUT2D eigenvalue weighted by molar-refractivity contribution is -0.114. The Morgan fingerprint density at radius 2 is 1.71 bits per heavy atom. The first kappa shape index (κ1) is 9.49. The molecule has 0 bridgehead atoms. The Bertz CT molecular complexity index is 456. The fraction of sp³-hybridized carbons (Fsp3) is 0.111. The van der Waals surface area contributed by atoms with Gasteiger partial charge in [-0.15, -0.1) is 0 Å². The molecule has 72 valence electrons. The second kappa shape index (κ2) is 2.97. The first-order valence-electron chi connectivity index (χ1n) is 3.84. The van der Waals surface area contributed by atoms with Crippen LogP contribution in [0.4, 0.5) is 5.69 Å². The van der Waals surface area contributed by atoms with Crippen LogP contribution in [0.2, 0.25) is 10.0 Å². The van der Waals surface area contributed by atoms with Crippen LogP contribution in [-0.2, 0) is 4.79 Å². The van der Waals surface area contributed by atoms with Crippen molar-refractivity contribution in [2.75, 3.05) is 11.9 Å². The number of carbonyl (C=O) groups excluding carboxylic acids is 2. The van der Waals surface area contributed by atoms with E-state index < -0.39 is 11.7 Å². The number of likely N-dealkylation sites (N-methyl/N-ethyl adjacent to an activating group) is 1. The highest BCUT2D eigenvalue weighted by Crippen LogP contribution is 2.38. The number of carbonyl (C=O) groups is 2. The average Bonchev–Trinajstić information content (AvgIpc) is 2.38. The van der Waals surface area contributed by atoms with Gasteiger partial charge in [0.25, 0.3) is 11.7 Å². The van der Waals surface area contributed by atoms with Gasteiger partial charge < -0.3 is 4.90 Å². The Morgan fingerprint density at radius 1 is 1.14 bits per heavy atom. The SMILES string of the molecule is CN1C(=O)C(=O)c2c(Cl)ccc(Cl)c21. The number of hydrogen-bond acceptors (Lipinski definition) is 2. The Kier molecular flexibility index (Phi) is 2.01. The number of ketones is 1. The number of nitrogens with zero attached hydrogens (tertiary/aromatic N) is 1. The topological polar surface area (TPSA) is 37.4 Å². The molecule has 0 aromatic heterocycles. The first-order chi connectivity index (χ1) is 6.54. The van der Waals surface area contributed by atoms with E-state index in [1.807, 2.05) is 0 Å². The van der Waals surface area contributed by atoms with Gasteiger partial charge in [-0.25, -0.2) is 0 Å². The van der Waals surface area contributed by atoms with E-state index in [9.17, 15) is 9.59 Å². The van der Waals surface area contributed by atoms with Crippen LogP contribution in [0.1, 0.15) is 10.4 Å². The van der Waals surface area contributed by atoms with Gasteiger partial charge in [0.15, 0.2) is 0 Å². The van der Waals surface area contributed by atoms with Gasteiger partial charge >= 0.3 is 0 Å². The summed E-state index contributed by atoms with van der Waals surface area (Å²) in [7, 11) is 1.49. The van der Waals surface area contributed by atoms with Crippen molar-refractivity contribution >= 4 is 40.6 Å². The number of amides is 1. The van der Waals surface area contributed by atoms with E-state index in [4.69, 9.17) is 23.2 Å². The molecule has 0 atom stereocenters. The van der Waals surface area contributed by atoms with Gasteiger partial charge in [-0.05, 0) is 12.1 Å². The quantitative estimate of drug-likeness (QED) is 0.640. The Balaban J connectivity index is 2.80. The molecule has 0 saturated carbocycles. The van der Waals surface area contributed by atoms with Gasteiger partial charge in [-0.2, -0.15) is 0 Å². The minimum Gasteiger partial charge on any atom is -0.306 e. The monoisotopic (exact) mass is 229 g/mol. The molecule has 0 saturated heterocycles. The molecular weight excluding hydrogens is 225 g/mol. The second-order valence-corrected chi connectivity index (χ2v) is 3.76. The number of halogens is 2. The smallest absolute Gasteiger partial charge is 0.299 e. The highest BCUT2D eigenvalue weighted by Gasteiger charge is 2.36. The minimum absolute atomic E-state index is 0.201. The maximum absolute atomic E-state index is 11.4. The molecule has 0 spiro atoms. The molecule has 3 nitrogen and oxygen atoms in total. The lowest BCUT2D eigenvalue weighted by atomic mass is 10.1. The van der Waals surface area contributed by atoms with Gasteiger partial charge in [-0.3, -0.25) is 9.59 Å². The predicted octanol–water partition coefficient (Wildman–Crippen LogP) is 2.15. The Morgan fingerprint density at radius 3 is 2.29 bits per heavy atom. The van der Waals surface area contributed by atoms with Crippen molar-refractivity contribution in [3.63, 3.8) is 0 Å². The van der Waals surface area contributed by atoms with Crippen molar-refractivity contribution < 1.29 is 9.59 Å². The summed E-state index contributed by atoms with van der Waals surface area (Å²) in [5.74, 6) is -1.20. The van der Waals surface area contributed by atoms with Gasteiger partial charge in [-0.1, -0.05) is 23.2 Å². The van der Waals surface area contributed by atoms with E-state index in [-0.39, 0.29) is 10.6 Å². The molecule has 0 radical (unpaired) electrons. The molecule has 14 heavy (non-hydrogen) atoms. The van der Waals surface area contributed by atoms with Crippen molar-refractivity contribution in [2.45, 2.75) is 0 Å². The molecule has 1 aromatic carbocycles. The fourth-order valence-electron chi connectivity index (χ4n) is 1.45. The molecule has 0 aliphatic carbocycles. The van der Waals surface area contributed by atoms with Gasteiger partial charge in [0.1, 0.15) is 0 Å². The highest BCUT2D eigenvalue weighted by molar-refractivity contribution is 6.56. The summed E-state index contributed by atoms with van der Waals surface area (Å²) in [6, 6.07) is 3.07. The number of hydrogen-bond donors (Lipinski definition) is 0. The third-order valence-corrected chi connectivity index (χ3v) is 2.76. The van der Waals surface area contributed by atoms with Crippen molar-refractivity contribution in [1.82, 2.24) is 0 Å². The highest BCUT2D eigenvalue weighted by atomic mass is 35.5. The number of rotatable bonds is 0. The Hall–Kier alpha value is -1.06. The van der Waals surface area contributed by atoms with Crippen LogP contribution in [0.5, 0.6) is 0 Å². The van der Waals surface area contributed by atoms with E-state index in [0.717, 1.165) is 0 Å². The molecule has 0 unspecified atom stereocenters. The molecule has 1 heterocycles. The standard InChI is InChI=1S/C9H5Cl2NO2/c1-12-7-5(11)3-2-4(10)6(7)8(13)9(12)14/h2-3H,1H3. The Labute approximate surface area is 90.2 Å². The van der Waals surface area contributed by atoms with Gasteiger partial charge in [0.2, 0.25) is 0 Å². The van der Waals surface area contributed by atoms with E-state index in [0.29, 0.717) is 10.7 Å². The van der Waals surface area contributed by atoms with E-state index >= 15 is 0 Å². The molecule has 5 heteroatoms. The van der Waals surface area contributed by atoms with E-state index in [1.165, 1.54) is 18.0 Å². The predicted molar refractivity (Wildman–Crippen MR) is 54.2 cm³/mol. The summed E-state index contributed by atoms with van der Waals surface area (Å²) < 4.78 is 0. The number of anilines is 1. The summed E-state index contributed by atoms with van der Waals surface area (Å²) >= 11 is 11.7. The molecule has 1 aliphatic heterocycles. The summed E-state index contributed by atoms with van der Waals surface area (Å²) in [6.45, 7) is 0. The van der Waals surface area contributed by atoms with Crippen LogP contribution in [0.25, 0.3) is 0 Å². The summed E-state index contributed by atoms with van der Waals surface area (Å²) in [4.78, 5) is 24.0. The number of Topliss-reactive ketones (excluding diaryl/α,β-unsaturated/α-hetero) is 1. The maximum Gasteiger partial charge on any atom is 0.299 e. The minimum atomic E-state index is -0.602. The zero-order chi connectivity index (χ0) is 10.5. The van der Waals surface area contributed by atoms with Crippen molar-refractivity contribution in [1.29, 1.82) is 0 Å². The fourth-order valence-corrected chi connectivity index (χ4v) is 1.97. The molecule has 0 fully saturated rings. The largest absolute Gasteiger partial charge is 0.306 e. The molecule has 1 aromatic rings. The maximum atomic E-state index is 11.4. The number of benzene rings is 1. The lowest BCUT2D eigenvalue weighted by Gasteiger charge is -2.10. The first-order valence-corrected chi connectivity index (χ1v) is 4.60. The van der Waals surface area contributed by atoms with Crippen molar-refractivity contribution in [3.05, 3.63) is 27.7 Å². The van der Waals surface area contributed by atoms with Crippen LogP contribution in [0.15, 0.2) is 12.1 Å². The van der Waals surface area contributed by atoms with Crippen molar-refractivity contribution in [3.8, 4) is 0 Å². The third-order valence-electron chi connectivity index (χ3n) is 2.14. The van der Waals surface area contributed by atoms with Crippen LogP contribution in [0.3, 0.4) is 0 Å². The van der Waals surface area contributed by atoms with Crippen LogP contribution in [-0.4, -0.2) is 18.7 Å². The van der Waals surface area contributed by atoms with E-state index in [2.05, 4.69) is 0 Å². The normalized spacial score (nSPS) is 14.9. The van der Waals surface area contributed by atoms with Crippen LogP contribution < -0.4 is 4.90 Å². The average molecular weight is 230 g/mol. The zero-order valence-electron chi connectivity index (χ0n) is 7.17. The van der Waals surface area contributed by atoms with Gasteiger partial charge in [0, 0.05) is 7.05 Å². The lowest BCUT2D eigenvalue weighted by Crippen LogP contribution is -2.24. The summed E-state index contributed by atoms with van der Waals surface area (Å²) in [6.07, 6.45) is 0. The van der Waals surface area contributed by atoms with Crippen LogP contribution >= 0.6 is 23.2 Å². The molecule has 1 aliphatic rings. The number of fused-ring (bicyclic) bond motifs is 1. The summed E-state index contributed by atoms with van der Waals surface area (Å²) in [5.41, 5.74) is 0.598. The molecule has 0 N–H and O–H groups in total. The zero-order valence-corrected chi connectivity index (χ0v) is 8.69. The summed E-state index contributed by atoms with van der Waals surface area (Å²) in [5, 5.41) is 0.609. The van der Waals surface area contributed by atoms with Crippen molar-refractivity contribution in [2.24, 2.45) is 0 Å². The third kappa shape index (κ3) is 1.06. The van der Waals surface area contributed by atoms with Gasteiger partial charge in [0.05, 0.1) is 21.3 Å². The van der Waals surface area contributed by atoms with E-state index in [1.54, 1.807) is 6.07 Å². The second-order valence-electron chi connectivity index (χ2n) is 2.95.